The van der Waals surface area contributed by atoms with Gasteiger partial charge in [-0.3, -0.25) is 9.89 Å². The Bertz CT molecular complexity index is 829. The SMILES string of the molecule is Cc1cc(=O)n2[nH]cc(-c3cccc(N(C)C)c3)c2n1. The van der Waals surface area contributed by atoms with Crippen LogP contribution in [0, 0.1) is 6.92 Å². The molecule has 0 atom stereocenters. The Labute approximate surface area is 116 Å². The van der Waals surface area contributed by atoms with Crippen LogP contribution in [0.3, 0.4) is 0 Å². The average molecular weight is 268 g/mol. The maximum absolute atomic E-state index is 11.9. The van der Waals surface area contributed by atoms with Crippen LogP contribution in [0.1, 0.15) is 5.69 Å². The number of nitrogens with zero attached hydrogens (tertiary/aromatic N) is 3. The van der Waals surface area contributed by atoms with Crippen molar-refractivity contribution in [3.05, 3.63) is 52.6 Å². The van der Waals surface area contributed by atoms with E-state index >= 15 is 0 Å². The van der Waals surface area contributed by atoms with Crippen LogP contribution in [0.5, 0.6) is 0 Å². The van der Waals surface area contributed by atoms with Gasteiger partial charge in [-0.2, -0.15) is 0 Å². The molecule has 5 nitrogen and oxygen atoms in total. The highest BCUT2D eigenvalue weighted by atomic mass is 16.1. The van der Waals surface area contributed by atoms with Crippen LogP contribution < -0.4 is 10.5 Å². The number of aromatic nitrogens is 3. The van der Waals surface area contributed by atoms with Crippen molar-refractivity contribution < 1.29 is 0 Å². The van der Waals surface area contributed by atoms with Gasteiger partial charge in [-0.25, -0.2) is 9.50 Å². The molecule has 3 aromatic rings. The van der Waals surface area contributed by atoms with E-state index in [1.807, 2.05) is 50.3 Å². The lowest BCUT2D eigenvalue weighted by atomic mass is 10.1. The van der Waals surface area contributed by atoms with Crippen molar-refractivity contribution in [1.29, 1.82) is 0 Å². The van der Waals surface area contributed by atoms with Gasteiger partial charge in [-0.1, -0.05) is 12.1 Å². The molecule has 2 aromatic heterocycles. The Morgan fingerprint density at radius 1 is 1.25 bits per heavy atom. The fourth-order valence-corrected chi connectivity index (χ4v) is 2.26. The van der Waals surface area contributed by atoms with Gasteiger partial charge >= 0.3 is 0 Å². The maximum Gasteiger partial charge on any atom is 0.272 e. The molecule has 0 spiro atoms. The lowest BCUT2D eigenvalue weighted by molar-refractivity contribution is 0.890. The van der Waals surface area contributed by atoms with Crippen molar-refractivity contribution in [3.63, 3.8) is 0 Å². The van der Waals surface area contributed by atoms with Crippen LogP contribution in [0.4, 0.5) is 5.69 Å². The van der Waals surface area contributed by atoms with Crippen LogP contribution >= 0.6 is 0 Å². The van der Waals surface area contributed by atoms with Gasteiger partial charge in [0.05, 0.1) is 0 Å². The molecule has 102 valence electrons. The molecule has 3 rings (SSSR count). The van der Waals surface area contributed by atoms with Crippen LogP contribution in [0.15, 0.2) is 41.3 Å². The van der Waals surface area contributed by atoms with Crippen LogP contribution in [-0.4, -0.2) is 28.7 Å². The first-order valence-corrected chi connectivity index (χ1v) is 6.42. The first kappa shape index (κ1) is 12.5. The second-order valence-corrected chi connectivity index (χ2v) is 5.03. The van der Waals surface area contributed by atoms with Gasteiger partial charge in [-0.15, -0.1) is 0 Å². The summed E-state index contributed by atoms with van der Waals surface area (Å²) in [6, 6.07) is 9.66. The Morgan fingerprint density at radius 3 is 2.80 bits per heavy atom. The topological polar surface area (TPSA) is 53.4 Å². The average Bonchev–Trinajstić information content (AvgIpc) is 2.82. The Hall–Kier alpha value is -2.56. The van der Waals surface area contributed by atoms with Crippen LogP contribution in [-0.2, 0) is 0 Å². The van der Waals surface area contributed by atoms with E-state index in [4.69, 9.17) is 0 Å². The van der Waals surface area contributed by atoms with Crippen LogP contribution in [0.2, 0.25) is 0 Å². The zero-order valence-corrected chi connectivity index (χ0v) is 11.7. The summed E-state index contributed by atoms with van der Waals surface area (Å²) in [5.41, 5.74) is 4.35. The molecule has 0 bridgehead atoms. The fourth-order valence-electron chi connectivity index (χ4n) is 2.26. The van der Waals surface area contributed by atoms with E-state index in [9.17, 15) is 4.79 Å². The fraction of sp³-hybridized carbons (Fsp3) is 0.200. The quantitative estimate of drug-likeness (QED) is 0.774. The van der Waals surface area contributed by atoms with E-state index in [1.54, 1.807) is 0 Å². The normalized spacial score (nSPS) is 10.9. The van der Waals surface area contributed by atoms with Gasteiger partial charge < -0.3 is 4.90 Å². The first-order valence-electron chi connectivity index (χ1n) is 6.42. The minimum atomic E-state index is -0.0949. The summed E-state index contributed by atoms with van der Waals surface area (Å²) in [5, 5.41) is 2.96. The first-order chi connectivity index (χ1) is 9.56. The highest BCUT2D eigenvalue weighted by Gasteiger charge is 2.10. The van der Waals surface area contributed by atoms with Gasteiger partial charge in [-0.05, 0) is 24.6 Å². The molecule has 2 heterocycles. The monoisotopic (exact) mass is 268 g/mol. The molecule has 0 amide bonds. The van der Waals surface area contributed by atoms with Crippen molar-refractivity contribution >= 4 is 11.3 Å². The molecular formula is C15H16N4O. The second kappa shape index (κ2) is 4.52. The largest absolute Gasteiger partial charge is 0.378 e. The van der Waals surface area contributed by atoms with Gasteiger partial charge in [0.15, 0.2) is 5.65 Å². The number of nitrogens with one attached hydrogen (secondary N) is 1. The standard InChI is InChI=1S/C15H16N4O/c1-10-7-14(20)19-15(17-10)13(9-16-19)11-5-4-6-12(8-11)18(2)3/h4-9,16H,1-3H3. The molecule has 0 unspecified atom stereocenters. The number of rotatable bonds is 2. The summed E-state index contributed by atoms with van der Waals surface area (Å²) in [7, 11) is 4.00. The number of hydrogen-bond donors (Lipinski definition) is 1. The predicted molar refractivity (Wildman–Crippen MR) is 80.3 cm³/mol. The van der Waals surface area contributed by atoms with E-state index in [0.29, 0.717) is 5.65 Å². The van der Waals surface area contributed by atoms with E-state index in [0.717, 1.165) is 22.5 Å². The lowest BCUT2D eigenvalue weighted by Gasteiger charge is -2.13. The summed E-state index contributed by atoms with van der Waals surface area (Å²) >= 11 is 0. The summed E-state index contributed by atoms with van der Waals surface area (Å²) in [5.74, 6) is 0. The van der Waals surface area contributed by atoms with Gasteiger partial charge in [0.25, 0.3) is 5.56 Å². The smallest absolute Gasteiger partial charge is 0.272 e. The molecule has 0 aliphatic heterocycles. The number of H-pyrrole nitrogens is 1. The molecule has 1 aromatic carbocycles. The van der Waals surface area contributed by atoms with Gasteiger partial charge in [0, 0.05) is 43.3 Å². The predicted octanol–water partition coefficient (Wildman–Crippen LogP) is 2.06. The highest BCUT2D eigenvalue weighted by Crippen LogP contribution is 2.26. The molecule has 5 heteroatoms. The molecule has 0 aliphatic rings. The molecule has 0 radical (unpaired) electrons. The minimum absolute atomic E-state index is 0.0949. The summed E-state index contributed by atoms with van der Waals surface area (Å²) in [4.78, 5) is 18.4. The second-order valence-electron chi connectivity index (χ2n) is 5.03. The van der Waals surface area contributed by atoms with Crippen molar-refractivity contribution in [3.8, 4) is 11.1 Å². The molecule has 0 saturated heterocycles. The number of benzene rings is 1. The zero-order chi connectivity index (χ0) is 14.3. The van der Waals surface area contributed by atoms with Crippen molar-refractivity contribution in [1.82, 2.24) is 14.6 Å². The van der Waals surface area contributed by atoms with E-state index in [1.165, 1.54) is 10.6 Å². The summed E-state index contributed by atoms with van der Waals surface area (Å²) in [6.45, 7) is 1.83. The van der Waals surface area contributed by atoms with E-state index < -0.39 is 0 Å². The third-order valence-electron chi connectivity index (χ3n) is 3.30. The Morgan fingerprint density at radius 2 is 2.05 bits per heavy atom. The number of aryl methyl sites for hydroxylation is 1. The third-order valence-corrected chi connectivity index (χ3v) is 3.30. The Kier molecular flexibility index (Phi) is 2.82. The highest BCUT2D eigenvalue weighted by molar-refractivity contribution is 5.79. The minimum Gasteiger partial charge on any atom is -0.378 e. The number of anilines is 1. The van der Waals surface area contributed by atoms with E-state index in [2.05, 4.69) is 16.1 Å². The lowest BCUT2D eigenvalue weighted by Crippen LogP contribution is -2.14. The number of aromatic amines is 1. The molecule has 1 N–H and O–H groups in total. The molecule has 0 fully saturated rings. The zero-order valence-electron chi connectivity index (χ0n) is 11.7. The van der Waals surface area contributed by atoms with Gasteiger partial charge in [0.1, 0.15) is 0 Å². The Balaban J connectivity index is 2.25. The third kappa shape index (κ3) is 1.97. The number of fused-ring (bicyclic) bond motifs is 1. The van der Waals surface area contributed by atoms with Crippen molar-refractivity contribution in [2.75, 3.05) is 19.0 Å². The summed E-state index contributed by atoms with van der Waals surface area (Å²) in [6.07, 6.45) is 1.82. The van der Waals surface area contributed by atoms with E-state index in [-0.39, 0.29) is 5.56 Å². The number of hydrogen-bond acceptors (Lipinski definition) is 3. The van der Waals surface area contributed by atoms with Gasteiger partial charge in [0.2, 0.25) is 0 Å². The molecular weight excluding hydrogens is 252 g/mol. The summed E-state index contributed by atoms with van der Waals surface area (Å²) < 4.78 is 1.46. The molecule has 0 aliphatic carbocycles. The van der Waals surface area contributed by atoms with Crippen molar-refractivity contribution in [2.24, 2.45) is 0 Å². The maximum atomic E-state index is 11.9. The molecule has 20 heavy (non-hydrogen) atoms. The van der Waals surface area contributed by atoms with Crippen LogP contribution in [0.25, 0.3) is 16.8 Å². The molecule has 0 saturated carbocycles. The van der Waals surface area contributed by atoms with Crippen molar-refractivity contribution in [2.45, 2.75) is 6.92 Å².